The fraction of sp³-hybridized carbons (Fsp3) is 0.516. The molecular formula is C31H42N4O7. The Morgan fingerprint density at radius 2 is 1.83 bits per heavy atom. The van der Waals surface area contributed by atoms with Gasteiger partial charge in [-0.1, -0.05) is 58.2 Å². The van der Waals surface area contributed by atoms with E-state index in [2.05, 4.69) is 27.9 Å². The van der Waals surface area contributed by atoms with Crippen LogP contribution in [0.3, 0.4) is 0 Å². The highest BCUT2D eigenvalue weighted by Crippen LogP contribution is 2.20. The number of pyridine rings is 1. The van der Waals surface area contributed by atoms with E-state index in [1.165, 1.54) is 26.0 Å². The summed E-state index contributed by atoms with van der Waals surface area (Å²) in [5, 5.41) is 29.6. The first-order valence-electron chi connectivity index (χ1n) is 14.5. The lowest BCUT2D eigenvalue weighted by atomic mass is 9.91. The van der Waals surface area contributed by atoms with E-state index in [0.29, 0.717) is 12.0 Å². The van der Waals surface area contributed by atoms with E-state index in [9.17, 15) is 29.4 Å². The van der Waals surface area contributed by atoms with E-state index in [0.717, 1.165) is 19.3 Å². The largest absolute Gasteiger partial charge is 0.507 e. The molecule has 1 aromatic heterocycles. The second-order valence-corrected chi connectivity index (χ2v) is 11.1. The normalized spacial score (nSPS) is 26.1. The highest BCUT2D eigenvalue weighted by Gasteiger charge is 2.39. The number of hydrogen-bond acceptors (Lipinski definition) is 8. The summed E-state index contributed by atoms with van der Waals surface area (Å²) in [4.78, 5) is 57.5. The van der Waals surface area contributed by atoms with Crippen LogP contribution in [0.2, 0.25) is 0 Å². The molecule has 0 saturated carbocycles. The first-order chi connectivity index (χ1) is 20.0. The van der Waals surface area contributed by atoms with Crippen LogP contribution in [-0.4, -0.2) is 69.2 Å². The topological polar surface area (TPSA) is 167 Å². The Hall–Kier alpha value is -3.99. The Labute approximate surface area is 246 Å². The Kier molecular flexibility index (Phi) is 11.8. The maximum atomic E-state index is 13.7. The highest BCUT2D eigenvalue weighted by atomic mass is 16.5. The van der Waals surface area contributed by atoms with Crippen molar-refractivity contribution in [1.29, 1.82) is 0 Å². The van der Waals surface area contributed by atoms with E-state index in [-0.39, 0.29) is 23.7 Å². The van der Waals surface area contributed by atoms with Gasteiger partial charge in [0, 0.05) is 12.4 Å². The van der Waals surface area contributed by atoms with Gasteiger partial charge in [-0.2, -0.15) is 0 Å². The van der Waals surface area contributed by atoms with Crippen LogP contribution in [-0.2, 0) is 25.5 Å². The van der Waals surface area contributed by atoms with Crippen LogP contribution in [0, 0.1) is 11.8 Å². The number of unbranched alkanes of at least 4 members (excludes halogenated alkanes) is 1. The number of carbonyl (C=O) groups is 4. The Bertz CT molecular complexity index is 1220. The van der Waals surface area contributed by atoms with Crippen LogP contribution in [0.4, 0.5) is 0 Å². The second-order valence-electron chi connectivity index (χ2n) is 11.1. The summed E-state index contributed by atoms with van der Waals surface area (Å²) in [5.41, 5.74) is 0.642. The van der Waals surface area contributed by atoms with E-state index in [4.69, 9.17) is 4.74 Å². The average Bonchev–Trinajstić information content (AvgIpc) is 2.97. The number of ether oxygens (including phenoxy) is 1. The summed E-state index contributed by atoms with van der Waals surface area (Å²) in [6.45, 7) is 7.05. The van der Waals surface area contributed by atoms with Crippen molar-refractivity contribution in [1.82, 2.24) is 20.9 Å². The molecule has 1 fully saturated rings. The van der Waals surface area contributed by atoms with Gasteiger partial charge in [0.15, 0.2) is 0 Å². The SMILES string of the molecule is CCCCC(C)CC1NC(=O)C(C)C(O)C(Cc2cccnc2)NC(=O)C(NC(=O)c2ccccc2O)C(C)OC1=O. The Balaban J connectivity index is 1.97. The molecule has 0 bridgehead atoms. The van der Waals surface area contributed by atoms with Crippen LogP contribution >= 0.6 is 0 Å². The summed E-state index contributed by atoms with van der Waals surface area (Å²) in [6, 6.07) is 6.01. The number of nitrogens with zero attached hydrogens (tertiary/aromatic N) is 1. The molecule has 1 aromatic carbocycles. The molecule has 7 unspecified atom stereocenters. The van der Waals surface area contributed by atoms with Crippen molar-refractivity contribution in [2.45, 2.75) is 90.1 Å². The third kappa shape index (κ3) is 8.75. The molecule has 228 valence electrons. The summed E-state index contributed by atoms with van der Waals surface area (Å²) in [6.07, 6.45) is 3.92. The summed E-state index contributed by atoms with van der Waals surface area (Å²) < 4.78 is 5.69. The number of aromatic hydroxyl groups is 1. The van der Waals surface area contributed by atoms with Gasteiger partial charge in [-0.25, -0.2) is 4.79 Å². The number of hydrogen-bond donors (Lipinski definition) is 5. The number of esters is 1. The zero-order valence-electron chi connectivity index (χ0n) is 24.6. The number of phenolic OH excluding ortho intramolecular Hbond substituents is 1. The van der Waals surface area contributed by atoms with Crippen molar-refractivity contribution in [2.75, 3.05) is 0 Å². The number of aliphatic hydroxyl groups excluding tert-OH is 1. The molecule has 1 aliphatic heterocycles. The number of phenols is 1. The summed E-state index contributed by atoms with van der Waals surface area (Å²) in [5.74, 6) is -3.97. The predicted molar refractivity (Wildman–Crippen MR) is 155 cm³/mol. The van der Waals surface area contributed by atoms with Gasteiger partial charge in [0.1, 0.15) is 23.9 Å². The number of cyclic esters (lactones) is 1. The molecule has 0 aliphatic carbocycles. The van der Waals surface area contributed by atoms with Gasteiger partial charge in [0.25, 0.3) is 5.91 Å². The molecule has 1 aliphatic rings. The third-order valence-corrected chi connectivity index (χ3v) is 7.62. The van der Waals surface area contributed by atoms with Gasteiger partial charge < -0.3 is 30.9 Å². The molecular weight excluding hydrogens is 540 g/mol. The minimum absolute atomic E-state index is 0.0644. The molecule has 1 saturated heterocycles. The summed E-state index contributed by atoms with van der Waals surface area (Å²) in [7, 11) is 0. The van der Waals surface area contributed by atoms with E-state index >= 15 is 0 Å². The van der Waals surface area contributed by atoms with Gasteiger partial charge in [0.05, 0.1) is 23.6 Å². The van der Waals surface area contributed by atoms with Crippen molar-refractivity contribution in [3.63, 3.8) is 0 Å². The molecule has 7 atom stereocenters. The number of benzene rings is 1. The van der Waals surface area contributed by atoms with Gasteiger partial charge in [-0.15, -0.1) is 0 Å². The molecule has 3 amide bonds. The van der Waals surface area contributed by atoms with Crippen molar-refractivity contribution in [3.05, 3.63) is 59.9 Å². The number of amides is 3. The van der Waals surface area contributed by atoms with Crippen LogP contribution < -0.4 is 16.0 Å². The Morgan fingerprint density at radius 1 is 1.10 bits per heavy atom. The lowest BCUT2D eigenvalue weighted by Crippen LogP contribution is -2.60. The smallest absolute Gasteiger partial charge is 0.328 e. The van der Waals surface area contributed by atoms with Crippen LogP contribution in [0.25, 0.3) is 0 Å². The molecule has 2 aromatic rings. The molecule has 11 nitrogen and oxygen atoms in total. The van der Waals surface area contributed by atoms with E-state index in [1.54, 1.807) is 36.7 Å². The third-order valence-electron chi connectivity index (χ3n) is 7.62. The number of aliphatic hydroxyl groups is 1. The van der Waals surface area contributed by atoms with Crippen LogP contribution in [0.15, 0.2) is 48.8 Å². The maximum absolute atomic E-state index is 13.7. The minimum atomic E-state index is -1.38. The van der Waals surface area contributed by atoms with Crippen molar-refractivity contribution >= 4 is 23.7 Å². The number of aromatic nitrogens is 1. The van der Waals surface area contributed by atoms with Gasteiger partial charge in [-0.05, 0) is 49.4 Å². The zero-order chi connectivity index (χ0) is 30.8. The standard InChI is InChI=1S/C31H42N4O7/c1-5-6-10-18(2)15-24-31(41)42-20(4)26(35-29(39)22-12-7-8-13-25(22)36)30(40)33-23(16-21-11-9-14-32-17-21)27(37)19(3)28(38)34-24/h7-9,11-14,17-20,23-24,26-27,36-37H,5-6,10,15-16H2,1-4H3,(H,33,40)(H,34,38)(H,35,39). The average molecular weight is 583 g/mol. The predicted octanol–water partition coefficient (Wildman–Crippen LogP) is 2.26. The number of rotatable bonds is 9. The first kappa shape index (κ1) is 32.5. The van der Waals surface area contributed by atoms with Crippen LogP contribution in [0.1, 0.15) is 69.3 Å². The molecule has 3 rings (SSSR count). The second kappa shape index (κ2) is 15.3. The number of carbonyl (C=O) groups excluding carboxylic acids is 4. The van der Waals surface area contributed by atoms with Crippen molar-refractivity contribution in [2.24, 2.45) is 11.8 Å². The molecule has 11 heteroatoms. The van der Waals surface area contributed by atoms with Crippen molar-refractivity contribution in [3.8, 4) is 5.75 Å². The van der Waals surface area contributed by atoms with E-state index in [1.807, 2.05) is 6.92 Å². The van der Waals surface area contributed by atoms with Crippen molar-refractivity contribution < 1.29 is 34.1 Å². The Morgan fingerprint density at radius 3 is 2.50 bits per heavy atom. The fourth-order valence-electron chi connectivity index (χ4n) is 5.01. The summed E-state index contributed by atoms with van der Waals surface area (Å²) >= 11 is 0. The molecule has 5 N–H and O–H groups in total. The minimum Gasteiger partial charge on any atom is -0.507 e. The molecule has 42 heavy (non-hydrogen) atoms. The maximum Gasteiger partial charge on any atom is 0.328 e. The highest BCUT2D eigenvalue weighted by molar-refractivity contribution is 6.00. The lowest BCUT2D eigenvalue weighted by Gasteiger charge is -2.34. The molecule has 0 radical (unpaired) electrons. The first-order valence-corrected chi connectivity index (χ1v) is 14.5. The van der Waals surface area contributed by atoms with Gasteiger partial charge >= 0.3 is 5.97 Å². The zero-order valence-corrected chi connectivity index (χ0v) is 24.6. The number of para-hydroxylation sites is 1. The van der Waals surface area contributed by atoms with Gasteiger partial charge in [0.2, 0.25) is 11.8 Å². The van der Waals surface area contributed by atoms with Crippen LogP contribution in [0.5, 0.6) is 5.75 Å². The quantitative estimate of drug-likeness (QED) is 0.281. The monoisotopic (exact) mass is 582 g/mol. The number of nitrogens with one attached hydrogen (secondary N) is 3. The lowest BCUT2D eigenvalue weighted by molar-refractivity contribution is -0.156. The van der Waals surface area contributed by atoms with E-state index < -0.39 is 59.9 Å². The van der Waals surface area contributed by atoms with Gasteiger partial charge in [-0.3, -0.25) is 19.4 Å². The fourth-order valence-corrected chi connectivity index (χ4v) is 5.01. The molecule has 0 spiro atoms. The molecule has 2 heterocycles.